The summed E-state index contributed by atoms with van der Waals surface area (Å²) in [6.45, 7) is 0. The molecule has 11 heteroatoms. The van der Waals surface area contributed by atoms with E-state index in [9.17, 15) is 34.6 Å². The zero-order chi connectivity index (χ0) is 27.2. The number of hydrogen-bond donors (Lipinski definition) is 2. The van der Waals surface area contributed by atoms with Crippen LogP contribution in [-0.4, -0.2) is 27.4 Å². The third-order valence-corrected chi connectivity index (χ3v) is 5.49. The minimum absolute atomic E-state index is 0.121. The fraction of sp³-hybridized carbons (Fsp3) is 0. The topological polar surface area (TPSA) is 162 Å². The number of carbonyl (C=O) groups excluding carboxylic acids is 3. The first-order chi connectivity index (χ1) is 18.2. The Hall–Kier alpha value is -5.71. The number of nitro benzene ring substituents is 2. The molecule has 4 rings (SSSR count). The van der Waals surface area contributed by atoms with Gasteiger partial charge in [-0.05, 0) is 72.8 Å². The lowest BCUT2D eigenvalue weighted by atomic mass is 10.0. The summed E-state index contributed by atoms with van der Waals surface area (Å²) in [4.78, 5) is 58.0. The number of rotatable bonds is 8. The van der Waals surface area contributed by atoms with E-state index in [2.05, 4.69) is 10.6 Å². The van der Waals surface area contributed by atoms with Gasteiger partial charge in [0, 0.05) is 57.9 Å². The molecule has 2 amide bonds. The molecule has 0 aliphatic rings. The maximum atomic E-state index is 12.8. The summed E-state index contributed by atoms with van der Waals surface area (Å²) >= 11 is 0. The number of anilines is 2. The first-order valence-electron chi connectivity index (χ1n) is 11.1. The first-order valence-corrected chi connectivity index (χ1v) is 11.1. The Kier molecular flexibility index (Phi) is 7.29. The average molecular weight is 510 g/mol. The number of non-ortho nitro benzene ring substituents is 2. The van der Waals surface area contributed by atoms with Crippen molar-refractivity contribution in [3.05, 3.63) is 140 Å². The molecule has 0 aromatic heterocycles. The van der Waals surface area contributed by atoms with Crippen molar-refractivity contribution in [2.75, 3.05) is 10.6 Å². The monoisotopic (exact) mass is 510 g/mol. The van der Waals surface area contributed by atoms with Crippen LogP contribution >= 0.6 is 0 Å². The highest BCUT2D eigenvalue weighted by Crippen LogP contribution is 2.19. The summed E-state index contributed by atoms with van der Waals surface area (Å²) in [5.74, 6) is -1.18. The molecule has 0 saturated heterocycles. The van der Waals surface area contributed by atoms with Crippen LogP contribution in [0.15, 0.2) is 97.1 Å². The molecule has 11 nitrogen and oxygen atoms in total. The molecule has 0 saturated carbocycles. The fourth-order valence-corrected chi connectivity index (χ4v) is 3.45. The van der Waals surface area contributed by atoms with Crippen LogP contribution in [0, 0.1) is 20.2 Å². The van der Waals surface area contributed by atoms with Crippen molar-refractivity contribution in [1.82, 2.24) is 0 Å². The number of nitro groups is 2. The Balaban J connectivity index is 1.36. The van der Waals surface area contributed by atoms with Crippen molar-refractivity contribution in [3.8, 4) is 0 Å². The molecular weight excluding hydrogens is 492 g/mol. The van der Waals surface area contributed by atoms with Gasteiger partial charge in [-0.3, -0.25) is 34.6 Å². The molecule has 4 aromatic carbocycles. The molecule has 0 aliphatic carbocycles. The van der Waals surface area contributed by atoms with Gasteiger partial charge in [0.25, 0.3) is 23.2 Å². The molecule has 0 fully saturated rings. The number of hydrogen-bond acceptors (Lipinski definition) is 7. The van der Waals surface area contributed by atoms with Crippen molar-refractivity contribution in [2.45, 2.75) is 0 Å². The normalized spacial score (nSPS) is 10.3. The Morgan fingerprint density at radius 3 is 1.05 bits per heavy atom. The zero-order valence-corrected chi connectivity index (χ0v) is 19.5. The van der Waals surface area contributed by atoms with E-state index >= 15 is 0 Å². The lowest BCUT2D eigenvalue weighted by molar-refractivity contribution is -0.385. The number of nitrogens with zero attached hydrogens (tertiary/aromatic N) is 2. The van der Waals surface area contributed by atoms with Crippen LogP contribution in [0.2, 0.25) is 0 Å². The van der Waals surface area contributed by atoms with Gasteiger partial charge in [-0.15, -0.1) is 0 Å². The van der Waals surface area contributed by atoms with Crippen LogP contribution in [0.4, 0.5) is 22.7 Å². The Morgan fingerprint density at radius 2 is 0.763 bits per heavy atom. The predicted octanol–water partition coefficient (Wildman–Crippen LogP) is 5.24. The minimum Gasteiger partial charge on any atom is -0.322 e. The van der Waals surface area contributed by atoms with Crippen molar-refractivity contribution >= 4 is 40.3 Å². The van der Waals surface area contributed by atoms with Gasteiger partial charge in [-0.1, -0.05) is 0 Å². The summed E-state index contributed by atoms with van der Waals surface area (Å²) in [5.41, 5.74) is 1.88. The first kappa shape index (κ1) is 25.4. The molecule has 0 unspecified atom stereocenters. The number of amides is 2. The quantitative estimate of drug-likeness (QED) is 0.186. The van der Waals surface area contributed by atoms with Gasteiger partial charge in [0.15, 0.2) is 5.78 Å². The Bertz CT molecular complexity index is 1410. The molecule has 0 bridgehead atoms. The van der Waals surface area contributed by atoms with E-state index in [1.165, 1.54) is 48.5 Å². The molecule has 0 radical (unpaired) electrons. The average Bonchev–Trinajstić information content (AvgIpc) is 2.93. The fourth-order valence-electron chi connectivity index (χ4n) is 3.45. The number of nitrogens with one attached hydrogen (secondary N) is 2. The molecule has 38 heavy (non-hydrogen) atoms. The van der Waals surface area contributed by atoms with Crippen molar-refractivity contribution in [1.29, 1.82) is 0 Å². The highest BCUT2D eigenvalue weighted by atomic mass is 16.6. The second-order valence-corrected chi connectivity index (χ2v) is 8.00. The summed E-state index contributed by atoms with van der Waals surface area (Å²) in [7, 11) is 0. The highest BCUT2D eigenvalue weighted by Gasteiger charge is 2.13. The number of carbonyl (C=O) groups is 3. The van der Waals surface area contributed by atoms with Crippen molar-refractivity contribution in [2.24, 2.45) is 0 Å². The van der Waals surface area contributed by atoms with Crippen LogP contribution in [0.1, 0.15) is 36.6 Å². The lowest BCUT2D eigenvalue weighted by Crippen LogP contribution is -2.12. The third-order valence-electron chi connectivity index (χ3n) is 5.49. The van der Waals surface area contributed by atoms with Crippen LogP contribution in [0.25, 0.3) is 0 Å². The molecule has 4 aromatic rings. The van der Waals surface area contributed by atoms with Gasteiger partial charge < -0.3 is 10.6 Å². The van der Waals surface area contributed by atoms with Crippen LogP contribution in [0.5, 0.6) is 0 Å². The summed E-state index contributed by atoms with van der Waals surface area (Å²) in [5, 5.41) is 26.8. The zero-order valence-electron chi connectivity index (χ0n) is 19.5. The SMILES string of the molecule is O=C(Nc1ccc(C(=O)c2ccc(NC(=O)c3ccc([N+](=O)[O-])cc3)cc2)cc1)c1ccc([N+](=O)[O-])cc1. The van der Waals surface area contributed by atoms with Gasteiger partial charge in [-0.25, -0.2) is 0 Å². The largest absolute Gasteiger partial charge is 0.322 e. The highest BCUT2D eigenvalue weighted by molar-refractivity contribution is 6.10. The van der Waals surface area contributed by atoms with E-state index in [1.807, 2.05) is 0 Å². The van der Waals surface area contributed by atoms with Gasteiger partial charge in [0.05, 0.1) is 9.85 Å². The van der Waals surface area contributed by atoms with Crippen LogP contribution in [-0.2, 0) is 0 Å². The van der Waals surface area contributed by atoms with E-state index in [1.54, 1.807) is 48.5 Å². The van der Waals surface area contributed by atoms with Gasteiger partial charge >= 0.3 is 0 Å². The maximum absolute atomic E-state index is 12.8. The molecule has 188 valence electrons. The van der Waals surface area contributed by atoms with Gasteiger partial charge in [-0.2, -0.15) is 0 Å². The number of ketones is 1. The smallest absolute Gasteiger partial charge is 0.269 e. The maximum Gasteiger partial charge on any atom is 0.269 e. The second-order valence-electron chi connectivity index (χ2n) is 8.00. The summed E-state index contributed by atoms with van der Waals surface area (Å²) in [6.07, 6.45) is 0. The predicted molar refractivity (Wildman–Crippen MR) is 138 cm³/mol. The molecule has 0 spiro atoms. The van der Waals surface area contributed by atoms with Crippen molar-refractivity contribution < 1.29 is 24.2 Å². The second kappa shape index (κ2) is 10.9. The third kappa shape index (κ3) is 5.91. The van der Waals surface area contributed by atoms with Gasteiger partial charge in [0.2, 0.25) is 0 Å². The lowest BCUT2D eigenvalue weighted by Gasteiger charge is -2.08. The summed E-state index contributed by atoms with van der Waals surface area (Å²) < 4.78 is 0. The van der Waals surface area contributed by atoms with Gasteiger partial charge in [0.1, 0.15) is 0 Å². The molecule has 2 N–H and O–H groups in total. The van der Waals surface area contributed by atoms with E-state index in [0.717, 1.165) is 0 Å². The molecule has 0 atom stereocenters. The van der Waals surface area contributed by atoms with E-state index in [-0.39, 0.29) is 28.3 Å². The number of benzene rings is 4. The molecular formula is C27H18N4O7. The van der Waals surface area contributed by atoms with E-state index in [4.69, 9.17) is 0 Å². The van der Waals surface area contributed by atoms with E-state index < -0.39 is 21.7 Å². The Labute approximate surface area is 215 Å². The Morgan fingerprint density at radius 1 is 0.474 bits per heavy atom. The van der Waals surface area contributed by atoms with E-state index in [0.29, 0.717) is 22.5 Å². The summed E-state index contributed by atoms with van der Waals surface area (Å²) in [6, 6.07) is 22.8. The van der Waals surface area contributed by atoms with Crippen LogP contribution in [0.3, 0.4) is 0 Å². The van der Waals surface area contributed by atoms with Crippen molar-refractivity contribution in [3.63, 3.8) is 0 Å². The molecule has 0 aliphatic heterocycles. The standard InChI is InChI=1S/C27H18N4O7/c32-25(17-1-9-21(10-2-17)28-26(33)19-5-13-23(14-6-19)30(35)36)18-3-11-22(12-4-18)29-27(34)20-7-15-24(16-8-20)31(37)38/h1-16H,(H,28,33)(H,29,34). The van der Waals surface area contributed by atoms with Crippen LogP contribution < -0.4 is 10.6 Å². The minimum atomic E-state index is -0.553. The molecule has 0 heterocycles.